The van der Waals surface area contributed by atoms with Crippen molar-refractivity contribution < 1.29 is 20.1 Å². The predicted molar refractivity (Wildman–Crippen MR) is 50.2 cm³/mol. The second kappa shape index (κ2) is 3.67. The first kappa shape index (κ1) is 10.5. The highest BCUT2D eigenvalue weighted by atomic mass is 16.4. The minimum atomic E-state index is -1.53. The van der Waals surface area contributed by atoms with Crippen LogP contribution in [0.3, 0.4) is 0 Å². The molecule has 4 nitrogen and oxygen atoms in total. The summed E-state index contributed by atoms with van der Waals surface area (Å²) in [7, 11) is 0. The van der Waals surface area contributed by atoms with Crippen molar-refractivity contribution in [2.75, 3.05) is 0 Å². The molecule has 1 unspecified atom stereocenters. The lowest BCUT2D eigenvalue weighted by Gasteiger charge is -2.12. The Kier molecular flexibility index (Phi) is 2.76. The van der Waals surface area contributed by atoms with Crippen molar-refractivity contribution in [2.45, 2.75) is 20.0 Å². The van der Waals surface area contributed by atoms with Crippen LogP contribution in [0.25, 0.3) is 0 Å². The van der Waals surface area contributed by atoms with Crippen molar-refractivity contribution in [2.24, 2.45) is 0 Å². The number of aliphatic carboxylic acids is 1. The molecule has 0 amide bonds. The van der Waals surface area contributed by atoms with E-state index in [1.165, 1.54) is 12.1 Å². The third kappa shape index (κ3) is 1.70. The largest absolute Gasteiger partial charge is 0.508 e. The number of phenols is 1. The number of aliphatic hydroxyl groups excluding tert-OH is 1. The zero-order valence-electron chi connectivity index (χ0n) is 7.98. The third-order valence-electron chi connectivity index (χ3n) is 2.33. The molecule has 1 aromatic carbocycles. The number of phenolic OH excluding ortho intramolecular Hbond substituents is 1. The maximum atomic E-state index is 10.5. The van der Waals surface area contributed by atoms with Gasteiger partial charge in [0, 0.05) is 0 Å². The Morgan fingerprint density at radius 1 is 1.29 bits per heavy atom. The van der Waals surface area contributed by atoms with Gasteiger partial charge in [0.15, 0.2) is 6.10 Å². The van der Waals surface area contributed by atoms with Gasteiger partial charge in [0.25, 0.3) is 0 Å². The molecular formula is C10H12O4. The first-order valence-corrected chi connectivity index (χ1v) is 4.15. The monoisotopic (exact) mass is 196 g/mol. The van der Waals surface area contributed by atoms with E-state index in [0.29, 0.717) is 16.7 Å². The Morgan fingerprint density at radius 3 is 2.36 bits per heavy atom. The first-order chi connectivity index (χ1) is 6.45. The molecule has 0 bridgehead atoms. The Balaban J connectivity index is 3.24. The van der Waals surface area contributed by atoms with E-state index in [1.807, 2.05) is 0 Å². The van der Waals surface area contributed by atoms with Gasteiger partial charge in [-0.05, 0) is 36.6 Å². The molecule has 0 aliphatic heterocycles. The molecule has 0 saturated heterocycles. The summed E-state index contributed by atoms with van der Waals surface area (Å²) in [5, 5.41) is 27.2. The van der Waals surface area contributed by atoms with Crippen molar-refractivity contribution in [1.82, 2.24) is 0 Å². The maximum Gasteiger partial charge on any atom is 0.337 e. The normalized spacial score (nSPS) is 12.5. The van der Waals surface area contributed by atoms with Gasteiger partial charge < -0.3 is 15.3 Å². The molecule has 0 spiro atoms. The summed E-state index contributed by atoms with van der Waals surface area (Å²) in [5.41, 5.74) is 1.50. The fourth-order valence-corrected chi connectivity index (χ4v) is 1.26. The number of aromatic hydroxyl groups is 1. The van der Waals surface area contributed by atoms with Crippen LogP contribution in [-0.4, -0.2) is 21.3 Å². The molecule has 1 atom stereocenters. The molecule has 0 fully saturated rings. The van der Waals surface area contributed by atoms with Gasteiger partial charge in [0.05, 0.1) is 0 Å². The minimum Gasteiger partial charge on any atom is -0.508 e. The fourth-order valence-electron chi connectivity index (χ4n) is 1.26. The van der Waals surface area contributed by atoms with Crippen molar-refractivity contribution in [3.63, 3.8) is 0 Å². The molecule has 1 rings (SSSR count). The number of aliphatic hydroxyl groups is 1. The summed E-state index contributed by atoms with van der Waals surface area (Å²) in [6.07, 6.45) is -1.53. The molecule has 1 aromatic rings. The van der Waals surface area contributed by atoms with Crippen LogP contribution in [0.4, 0.5) is 0 Å². The van der Waals surface area contributed by atoms with Gasteiger partial charge in [-0.2, -0.15) is 0 Å². The molecule has 0 radical (unpaired) electrons. The van der Waals surface area contributed by atoms with Gasteiger partial charge in [-0.25, -0.2) is 4.79 Å². The number of hydrogen-bond donors (Lipinski definition) is 3. The number of carbonyl (C=O) groups is 1. The van der Waals surface area contributed by atoms with Gasteiger partial charge in [0.2, 0.25) is 0 Å². The summed E-state index contributed by atoms with van der Waals surface area (Å²) in [4.78, 5) is 10.5. The van der Waals surface area contributed by atoms with Crippen LogP contribution in [0, 0.1) is 13.8 Å². The number of hydrogen-bond acceptors (Lipinski definition) is 3. The second-order valence-electron chi connectivity index (χ2n) is 3.16. The van der Waals surface area contributed by atoms with Crippen LogP contribution in [0.5, 0.6) is 5.75 Å². The highest BCUT2D eigenvalue weighted by molar-refractivity contribution is 5.75. The Morgan fingerprint density at radius 2 is 1.86 bits per heavy atom. The van der Waals surface area contributed by atoms with Crippen LogP contribution in [0.1, 0.15) is 22.8 Å². The highest BCUT2D eigenvalue weighted by Crippen LogP contribution is 2.26. The number of rotatable bonds is 2. The van der Waals surface area contributed by atoms with Crippen LogP contribution in [0.2, 0.25) is 0 Å². The number of carboxylic acids is 1. The van der Waals surface area contributed by atoms with Crippen LogP contribution < -0.4 is 0 Å². The SMILES string of the molecule is Cc1c(O)ccc(C(O)C(=O)O)c1C. The predicted octanol–water partition coefficient (Wildman–Crippen LogP) is 1.13. The van der Waals surface area contributed by atoms with Crippen LogP contribution in [0.15, 0.2) is 12.1 Å². The summed E-state index contributed by atoms with van der Waals surface area (Å²) in [6.45, 7) is 3.33. The topological polar surface area (TPSA) is 77.8 Å². The Bertz CT molecular complexity index is 371. The van der Waals surface area contributed by atoms with E-state index < -0.39 is 12.1 Å². The molecule has 0 aliphatic carbocycles. The molecular weight excluding hydrogens is 184 g/mol. The summed E-state index contributed by atoms with van der Waals surface area (Å²) in [6, 6.07) is 2.79. The van der Waals surface area contributed by atoms with Gasteiger partial charge in [0.1, 0.15) is 5.75 Å². The zero-order valence-corrected chi connectivity index (χ0v) is 7.98. The van der Waals surface area contributed by atoms with E-state index in [-0.39, 0.29) is 5.75 Å². The van der Waals surface area contributed by atoms with E-state index in [4.69, 9.17) is 5.11 Å². The summed E-state index contributed by atoms with van der Waals surface area (Å²) < 4.78 is 0. The Hall–Kier alpha value is -1.55. The van der Waals surface area contributed by atoms with E-state index >= 15 is 0 Å². The molecule has 0 aromatic heterocycles. The molecule has 3 N–H and O–H groups in total. The van der Waals surface area contributed by atoms with Crippen LogP contribution in [-0.2, 0) is 4.79 Å². The van der Waals surface area contributed by atoms with Crippen LogP contribution >= 0.6 is 0 Å². The molecule has 0 saturated carbocycles. The lowest BCUT2D eigenvalue weighted by molar-refractivity contribution is -0.147. The quantitative estimate of drug-likeness (QED) is 0.662. The second-order valence-corrected chi connectivity index (χ2v) is 3.16. The first-order valence-electron chi connectivity index (χ1n) is 4.15. The zero-order chi connectivity index (χ0) is 10.9. The number of benzene rings is 1. The van der Waals surface area contributed by atoms with Gasteiger partial charge in [-0.1, -0.05) is 6.07 Å². The molecule has 14 heavy (non-hydrogen) atoms. The van der Waals surface area contributed by atoms with Crippen molar-refractivity contribution in [1.29, 1.82) is 0 Å². The molecule has 76 valence electrons. The summed E-state index contributed by atoms with van der Waals surface area (Å²) in [5.74, 6) is -1.19. The van der Waals surface area contributed by atoms with Gasteiger partial charge >= 0.3 is 5.97 Å². The van der Waals surface area contributed by atoms with E-state index in [9.17, 15) is 15.0 Å². The lowest BCUT2D eigenvalue weighted by Crippen LogP contribution is -2.12. The van der Waals surface area contributed by atoms with E-state index in [2.05, 4.69) is 0 Å². The maximum absolute atomic E-state index is 10.5. The number of carboxylic acid groups (broad SMARTS) is 1. The fraction of sp³-hybridized carbons (Fsp3) is 0.300. The smallest absolute Gasteiger partial charge is 0.337 e. The average Bonchev–Trinajstić information content (AvgIpc) is 2.13. The average molecular weight is 196 g/mol. The molecule has 0 heterocycles. The van der Waals surface area contributed by atoms with Gasteiger partial charge in [-0.3, -0.25) is 0 Å². The highest BCUT2D eigenvalue weighted by Gasteiger charge is 2.19. The standard InChI is InChI=1S/C10H12O4/c1-5-6(2)8(11)4-3-7(5)9(12)10(13)14/h3-4,9,11-12H,1-2H3,(H,13,14). The summed E-state index contributed by atoms with van der Waals surface area (Å²) >= 11 is 0. The van der Waals surface area contributed by atoms with Crippen molar-refractivity contribution in [3.8, 4) is 5.75 Å². The lowest BCUT2D eigenvalue weighted by atomic mass is 9.98. The van der Waals surface area contributed by atoms with E-state index in [1.54, 1.807) is 13.8 Å². The van der Waals surface area contributed by atoms with Crippen molar-refractivity contribution in [3.05, 3.63) is 28.8 Å². The van der Waals surface area contributed by atoms with Crippen molar-refractivity contribution >= 4 is 5.97 Å². The van der Waals surface area contributed by atoms with E-state index in [0.717, 1.165) is 0 Å². The van der Waals surface area contributed by atoms with Gasteiger partial charge in [-0.15, -0.1) is 0 Å². The minimum absolute atomic E-state index is 0.101. The Labute approximate surface area is 81.4 Å². The molecule has 0 aliphatic rings. The third-order valence-corrected chi connectivity index (χ3v) is 2.33. The molecule has 4 heteroatoms.